The van der Waals surface area contributed by atoms with Gasteiger partial charge in [-0.15, -0.1) is 0 Å². The maximum atomic E-state index is 12.0. The standard InChI is InChI=1S/C21H28O5S.Na/c1-2-3-4-5-6-7-8-9-17-10-15-20(22)21(16-17)26-18-11-13-19(14-12-18)27(23,24)25;/h10-16,22H,2-9H2,1H3,(H,23,24,25);/q;+1/p-1. The summed E-state index contributed by atoms with van der Waals surface area (Å²) >= 11 is 0. The van der Waals surface area contributed by atoms with E-state index in [1.54, 1.807) is 6.07 Å². The van der Waals surface area contributed by atoms with E-state index in [9.17, 15) is 13.5 Å². The summed E-state index contributed by atoms with van der Waals surface area (Å²) in [6.45, 7) is 2.21. The minimum Gasteiger partial charge on any atom is -0.870 e. The summed E-state index contributed by atoms with van der Waals surface area (Å²) < 4.78 is 36.7. The summed E-state index contributed by atoms with van der Waals surface area (Å²) in [4.78, 5) is -0.218. The van der Waals surface area contributed by atoms with Gasteiger partial charge in [0.15, 0.2) is 0 Å². The third kappa shape index (κ3) is 8.53. The molecule has 7 heteroatoms. The van der Waals surface area contributed by atoms with Crippen LogP contribution >= 0.6 is 0 Å². The molecule has 1 N–H and O–H groups in total. The zero-order chi connectivity index (χ0) is 19.7. The van der Waals surface area contributed by atoms with Crippen molar-refractivity contribution in [2.24, 2.45) is 0 Å². The third-order valence-electron chi connectivity index (χ3n) is 4.43. The molecule has 2 aromatic rings. The zero-order valence-electron chi connectivity index (χ0n) is 16.7. The molecule has 0 fully saturated rings. The Bertz CT molecular complexity index is 819. The summed E-state index contributed by atoms with van der Waals surface area (Å²) in [6, 6.07) is 10.4. The Morgan fingerprint density at radius 2 is 1.54 bits per heavy atom. The molecular weight excluding hydrogens is 387 g/mol. The van der Waals surface area contributed by atoms with Crippen LogP contribution in [0, 0.1) is 0 Å². The molecule has 2 rings (SSSR count). The number of hydrogen-bond acceptors (Lipinski definition) is 4. The molecular formula is C21H27NaO5S. The molecule has 148 valence electrons. The molecule has 0 aliphatic heterocycles. The van der Waals surface area contributed by atoms with Crippen molar-refractivity contribution in [1.82, 2.24) is 0 Å². The topological polar surface area (TPSA) is 86.7 Å². The number of unbranched alkanes of at least 4 members (excludes halogenated alkanes) is 6. The van der Waals surface area contributed by atoms with E-state index in [2.05, 4.69) is 6.92 Å². The van der Waals surface area contributed by atoms with Crippen molar-refractivity contribution in [2.45, 2.75) is 63.2 Å². The van der Waals surface area contributed by atoms with Gasteiger partial charge in [0.05, 0.1) is 4.90 Å². The van der Waals surface area contributed by atoms with Gasteiger partial charge in [-0.2, -0.15) is 8.42 Å². The molecule has 0 bridgehead atoms. The quantitative estimate of drug-likeness (QED) is 0.346. The van der Waals surface area contributed by atoms with E-state index < -0.39 is 10.1 Å². The van der Waals surface area contributed by atoms with Crippen LogP contribution in [0.1, 0.15) is 57.4 Å². The van der Waals surface area contributed by atoms with Gasteiger partial charge in [0, 0.05) is 0 Å². The average Bonchev–Trinajstić information content (AvgIpc) is 2.63. The van der Waals surface area contributed by atoms with Crippen LogP contribution in [0.2, 0.25) is 0 Å². The van der Waals surface area contributed by atoms with Gasteiger partial charge in [-0.3, -0.25) is 4.55 Å². The fraction of sp³-hybridized carbons (Fsp3) is 0.429. The zero-order valence-corrected chi connectivity index (χ0v) is 19.5. The smallest absolute Gasteiger partial charge is 0.870 e. The predicted molar refractivity (Wildman–Crippen MR) is 104 cm³/mol. The molecule has 0 aliphatic rings. The Kier molecular flexibility index (Phi) is 11.2. The molecule has 0 saturated heterocycles. The van der Waals surface area contributed by atoms with Crippen LogP contribution in [0.3, 0.4) is 0 Å². The van der Waals surface area contributed by atoms with E-state index in [4.69, 9.17) is 9.29 Å². The largest absolute Gasteiger partial charge is 1.00 e. The fourth-order valence-electron chi connectivity index (χ4n) is 2.88. The van der Waals surface area contributed by atoms with Crippen LogP contribution in [0.15, 0.2) is 47.4 Å². The Hall–Kier alpha value is -1.05. The van der Waals surface area contributed by atoms with Crippen molar-refractivity contribution >= 4 is 10.1 Å². The Morgan fingerprint density at radius 1 is 0.929 bits per heavy atom. The first-order valence-electron chi connectivity index (χ1n) is 9.45. The van der Waals surface area contributed by atoms with Crippen LogP contribution in [0.5, 0.6) is 17.2 Å². The number of aryl methyl sites for hydroxylation is 1. The van der Waals surface area contributed by atoms with Gasteiger partial charge in [-0.1, -0.05) is 63.3 Å². The second-order valence-corrected chi connectivity index (χ2v) is 8.12. The summed E-state index contributed by atoms with van der Waals surface area (Å²) in [5.41, 5.74) is 1.05. The third-order valence-corrected chi connectivity index (χ3v) is 5.29. The van der Waals surface area contributed by atoms with Crippen molar-refractivity contribution in [3.8, 4) is 17.2 Å². The summed E-state index contributed by atoms with van der Waals surface area (Å²) in [5, 5.41) is 12.0. The van der Waals surface area contributed by atoms with Gasteiger partial charge in [-0.25, -0.2) is 0 Å². The van der Waals surface area contributed by atoms with Gasteiger partial charge in [0.2, 0.25) is 0 Å². The molecule has 0 unspecified atom stereocenters. The maximum absolute atomic E-state index is 12.0. The monoisotopic (exact) mass is 414 g/mol. The second kappa shape index (κ2) is 12.5. The van der Waals surface area contributed by atoms with Gasteiger partial charge < -0.3 is 9.84 Å². The van der Waals surface area contributed by atoms with Gasteiger partial charge in [-0.05, 0) is 48.7 Å². The van der Waals surface area contributed by atoms with Crippen molar-refractivity contribution in [1.29, 1.82) is 0 Å². The van der Waals surface area contributed by atoms with E-state index >= 15 is 0 Å². The molecule has 5 nitrogen and oxygen atoms in total. The fourth-order valence-corrected chi connectivity index (χ4v) is 3.36. The molecule has 0 spiro atoms. The van der Waals surface area contributed by atoms with Gasteiger partial charge in [0.25, 0.3) is 10.1 Å². The SMILES string of the molecule is CCCCCCCCCc1ccc([O-])c(Oc2ccc(S(=O)(=O)O)cc2)c1.[Na+]. The summed E-state index contributed by atoms with van der Waals surface area (Å²) in [5.74, 6) is 0.333. The molecule has 0 aliphatic carbocycles. The van der Waals surface area contributed by atoms with E-state index in [1.165, 1.54) is 68.9 Å². The van der Waals surface area contributed by atoms with Crippen LogP contribution in [0.25, 0.3) is 0 Å². The minimum atomic E-state index is -4.25. The van der Waals surface area contributed by atoms with E-state index in [1.807, 2.05) is 6.07 Å². The van der Waals surface area contributed by atoms with Crippen molar-refractivity contribution < 1.29 is 52.4 Å². The molecule has 0 atom stereocenters. The van der Waals surface area contributed by atoms with E-state index in [-0.39, 0.29) is 46.0 Å². The molecule has 0 saturated carbocycles. The van der Waals surface area contributed by atoms with Crippen LogP contribution in [-0.4, -0.2) is 13.0 Å². The maximum Gasteiger partial charge on any atom is 1.00 e. The van der Waals surface area contributed by atoms with Crippen molar-refractivity contribution in [2.75, 3.05) is 0 Å². The number of hydrogen-bond donors (Lipinski definition) is 1. The number of rotatable bonds is 11. The van der Waals surface area contributed by atoms with Crippen LogP contribution < -0.4 is 39.4 Å². The molecule has 0 amide bonds. The molecule has 0 aromatic heterocycles. The van der Waals surface area contributed by atoms with Crippen molar-refractivity contribution in [3.05, 3.63) is 48.0 Å². The molecule has 0 heterocycles. The molecule has 2 aromatic carbocycles. The number of benzene rings is 2. The molecule has 0 radical (unpaired) electrons. The Morgan fingerprint density at radius 3 is 2.14 bits per heavy atom. The average molecular weight is 414 g/mol. The second-order valence-electron chi connectivity index (χ2n) is 6.70. The van der Waals surface area contributed by atoms with Gasteiger partial charge in [0.1, 0.15) is 11.5 Å². The predicted octanol–water partition coefficient (Wildman–Crippen LogP) is 2.10. The van der Waals surface area contributed by atoms with E-state index in [0.29, 0.717) is 5.75 Å². The number of ether oxygens (including phenoxy) is 1. The minimum absolute atomic E-state index is 0. The first-order chi connectivity index (χ1) is 12.9. The van der Waals surface area contributed by atoms with Gasteiger partial charge >= 0.3 is 29.6 Å². The first kappa shape index (κ1) is 25.0. The first-order valence-corrected chi connectivity index (χ1v) is 10.9. The van der Waals surface area contributed by atoms with Crippen LogP contribution in [-0.2, 0) is 16.5 Å². The normalized spacial score (nSPS) is 11.1. The Balaban J connectivity index is 0.00000392. The van der Waals surface area contributed by atoms with E-state index in [0.717, 1.165) is 18.4 Å². The molecule has 28 heavy (non-hydrogen) atoms. The summed E-state index contributed by atoms with van der Waals surface area (Å²) in [6.07, 6.45) is 9.52. The summed E-state index contributed by atoms with van der Waals surface area (Å²) in [7, 11) is -4.25. The Labute approximate surface area is 190 Å². The van der Waals surface area contributed by atoms with Crippen LogP contribution in [0.4, 0.5) is 0 Å². The van der Waals surface area contributed by atoms with Crippen molar-refractivity contribution in [3.63, 3.8) is 0 Å².